The highest BCUT2D eigenvalue weighted by Gasteiger charge is 2.13. The first-order valence-corrected chi connectivity index (χ1v) is 9.12. The number of phosphoric acid groups is 1. The van der Waals surface area contributed by atoms with Crippen LogP contribution >= 0.6 is 7.82 Å². The quantitative estimate of drug-likeness (QED) is 0.255. The second-order valence-electron chi connectivity index (χ2n) is 5.11. The molecule has 1 aromatic rings. The number of aliphatic hydroxyl groups excluding tert-OH is 2. The molecular weight excluding hydrogens is 351 g/mol. The minimum atomic E-state index is -4.64. The van der Waals surface area contributed by atoms with E-state index in [-0.39, 0.29) is 23.5 Å². The van der Waals surface area contributed by atoms with Gasteiger partial charge in [-0.1, -0.05) is 13.8 Å². The van der Waals surface area contributed by atoms with Crippen molar-refractivity contribution in [3.8, 4) is 0 Å². The largest absolute Gasteiger partial charge is 0.466 e. The average molecular weight is 374 g/mol. The number of nitrogens with two attached hydrogens (primary N) is 2. The number of benzene rings is 1. The Kier molecular flexibility index (Phi) is 10.5. The van der Waals surface area contributed by atoms with E-state index in [0.29, 0.717) is 5.69 Å². The summed E-state index contributed by atoms with van der Waals surface area (Å²) >= 11 is 0. The van der Waals surface area contributed by atoms with Crippen molar-refractivity contribution in [2.75, 3.05) is 18.9 Å². The molecule has 0 unspecified atom stereocenters. The van der Waals surface area contributed by atoms with Gasteiger partial charge in [-0.2, -0.15) is 0 Å². The predicted octanol–water partition coefficient (Wildman–Crippen LogP) is -1.02. The van der Waals surface area contributed by atoms with Crippen LogP contribution in [-0.4, -0.2) is 46.5 Å². The van der Waals surface area contributed by atoms with E-state index in [2.05, 4.69) is 0 Å². The molecule has 0 aliphatic heterocycles. The predicted molar refractivity (Wildman–Crippen MR) is 84.4 cm³/mol. The van der Waals surface area contributed by atoms with Crippen LogP contribution in [0.2, 0.25) is 0 Å². The van der Waals surface area contributed by atoms with Crippen molar-refractivity contribution in [3.63, 3.8) is 0 Å². The first-order chi connectivity index (χ1) is 10.1. The van der Waals surface area contributed by atoms with E-state index < -0.39 is 17.8 Å². The molecule has 9 N–H and O–H groups in total. The summed E-state index contributed by atoms with van der Waals surface area (Å²) in [5.41, 5.74) is 5.54. The molecule has 0 bridgehead atoms. The standard InChI is InChI=1S/C6H8N2O2S.C5H12O2.H3O4P/c7-5-1-3-6(4-2-5)11(8,9)10;1-5(2,3-6)4-7;1-5(2,3)4/h1-4H,7H2,(H2,8,9,10);6-7H,3-4H2,1-2H3;(H3,1,2,3,4). The maximum Gasteiger partial charge on any atom is 0.466 e. The monoisotopic (exact) mass is 374 g/mol. The van der Waals surface area contributed by atoms with Gasteiger partial charge in [-0.3, -0.25) is 0 Å². The van der Waals surface area contributed by atoms with Crippen LogP contribution in [0.1, 0.15) is 13.8 Å². The molecule has 0 heterocycles. The first kappa shape index (κ1) is 24.2. The highest BCUT2D eigenvalue weighted by Crippen LogP contribution is 2.25. The van der Waals surface area contributed by atoms with E-state index in [0.717, 1.165) is 0 Å². The lowest BCUT2D eigenvalue weighted by atomic mass is 9.97. The fraction of sp³-hybridized carbons (Fsp3) is 0.455. The van der Waals surface area contributed by atoms with Gasteiger partial charge in [-0.25, -0.2) is 18.1 Å². The zero-order valence-corrected chi connectivity index (χ0v) is 14.4. The molecule has 0 aliphatic rings. The molecule has 136 valence electrons. The molecule has 23 heavy (non-hydrogen) atoms. The highest BCUT2D eigenvalue weighted by atomic mass is 32.2. The molecule has 12 heteroatoms. The molecule has 1 aromatic carbocycles. The maximum atomic E-state index is 10.7. The van der Waals surface area contributed by atoms with E-state index in [9.17, 15) is 8.42 Å². The minimum absolute atomic E-state index is 0.0451. The summed E-state index contributed by atoms with van der Waals surface area (Å²) in [6.07, 6.45) is 0. The van der Waals surface area contributed by atoms with Gasteiger partial charge >= 0.3 is 7.82 Å². The van der Waals surface area contributed by atoms with Gasteiger partial charge in [0, 0.05) is 11.1 Å². The van der Waals surface area contributed by atoms with E-state index in [1.54, 1.807) is 13.8 Å². The van der Waals surface area contributed by atoms with Crippen LogP contribution in [0.3, 0.4) is 0 Å². The van der Waals surface area contributed by atoms with Crippen LogP contribution in [-0.2, 0) is 14.6 Å². The van der Waals surface area contributed by atoms with Crippen molar-refractivity contribution in [3.05, 3.63) is 24.3 Å². The lowest BCUT2D eigenvalue weighted by Gasteiger charge is -2.16. The number of rotatable bonds is 3. The van der Waals surface area contributed by atoms with E-state index in [1.807, 2.05) is 0 Å². The van der Waals surface area contributed by atoms with Crippen LogP contribution in [0.15, 0.2) is 29.2 Å². The topological polar surface area (TPSA) is 204 Å². The summed E-state index contributed by atoms with van der Waals surface area (Å²) < 4.78 is 30.2. The van der Waals surface area contributed by atoms with E-state index in [1.165, 1.54) is 24.3 Å². The zero-order valence-electron chi connectivity index (χ0n) is 12.7. The summed E-state index contributed by atoms with van der Waals surface area (Å²) in [4.78, 5) is 21.6. The van der Waals surface area contributed by atoms with E-state index >= 15 is 0 Å². The zero-order chi connectivity index (χ0) is 18.9. The Labute approximate surface area is 134 Å². The SMILES string of the molecule is CC(C)(CO)CO.Nc1ccc(S(N)(=O)=O)cc1.O=P(O)(O)O. The van der Waals surface area contributed by atoms with Crippen LogP contribution in [0.5, 0.6) is 0 Å². The van der Waals surface area contributed by atoms with Crippen molar-refractivity contribution >= 4 is 23.5 Å². The Morgan fingerprint density at radius 2 is 1.35 bits per heavy atom. The maximum absolute atomic E-state index is 10.7. The lowest BCUT2D eigenvalue weighted by molar-refractivity contribution is 0.0857. The summed E-state index contributed by atoms with van der Waals surface area (Å²) in [6.45, 7) is 3.69. The van der Waals surface area contributed by atoms with Crippen molar-refractivity contribution in [2.24, 2.45) is 10.6 Å². The summed E-state index contributed by atoms with van der Waals surface area (Å²) in [5, 5.41) is 21.7. The highest BCUT2D eigenvalue weighted by molar-refractivity contribution is 7.89. The second-order valence-corrected chi connectivity index (χ2v) is 7.70. The average Bonchev–Trinajstić information content (AvgIpc) is 2.37. The molecule has 0 atom stereocenters. The first-order valence-electron chi connectivity index (χ1n) is 6.01. The third-order valence-corrected chi connectivity index (χ3v) is 2.99. The van der Waals surface area contributed by atoms with E-state index in [4.69, 9.17) is 40.3 Å². The minimum Gasteiger partial charge on any atom is -0.399 e. The molecule has 0 amide bonds. The molecule has 0 spiro atoms. The molecule has 0 radical (unpaired) electrons. The fourth-order valence-electron chi connectivity index (χ4n) is 0.708. The van der Waals surface area contributed by atoms with Crippen molar-refractivity contribution in [1.29, 1.82) is 0 Å². The number of anilines is 1. The third-order valence-electron chi connectivity index (χ3n) is 2.06. The number of nitrogen functional groups attached to an aromatic ring is 1. The van der Waals surface area contributed by atoms with Crippen LogP contribution in [0.25, 0.3) is 0 Å². The third kappa shape index (κ3) is 17.2. The molecule has 0 fully saturated rings. The van der Waals surface area contributed by atoms with Gasteiger partial charge in [0.05, 0.1) is 18.1 Å². The molecule has 0 aliphatic carbocycles. The van der Waals surface area contributed by atoms with Gasteiger partial charge in [0.2, 0.25) is 10.0 Å². The normalized spacial score (nSPS) is 11.7. The number of hydrogen-bond donors (Lipinski definition) is 7. The molecule has 0 saturated carbocycles. The Morgan fingerprint density at radius 3 is 1.52 bits per heavy atom. The molecule has 0 aromatic heterocycles. The van der Waals surface area contributed by atoms with Crippen molar-refractivity contribution in [2.45, 2.75) is 18.7 Å². The molecular formula is C11H23N2O8PS. The summed E-state index contributed by atoms with van der Waals surface area (Å²) in [5.74, 6) is 0. The Balaban J connectivity index is 0. The van der Waals surface area contributed by atoms with Crippen molar-refractivity contribution in [1.82, 2.24) is 0 Å². The Hall–Kier alpha value is -1.04. The van der Waals surface area contributed by atoms with Gasteiger partial charge in [-0.15, -0.1) is 0 Å². The van der Waals surface area contributed by atoms with Crippen molar-refractivity contribution < 1.29 is 37.9 Å². The summed E-state index contributed by atoms with van der Waals surface area (Å²) in [7, 11) is -8.21. The number of hydrogen-bond acceptors (Lipinski definition) is 6. The smallest absolute Gasteiger partial charge is 0.399 e. The number of sulfonamides is 1. The lowest BCUT2D eigenvalue weighted by Crippen LogP contribution is -2.20. The summed E-state index contributed by atoms with van der Waals surface area (Å²) in [6, 6.07) is 5.70. The second kappa shape index (κ2) is 9.96. The fourth-order valence-corrected chi connectivity index (χ4v) is 1.22. The molecule has 10 nitrogen and oxygen atoms in total. The van der Waals surface area contributed by atoms with Crippen LogP contribution < -0.4 is 10.9 Å². The van der Waals surface area contributed by atoms with Gasteiger partial charge in [0.15, 0.2) is 0 Å². The Bertz CT molecular complexity index is 583. The van der Waals surface area contributed by atoms with Gasteiger partial charge in [0.25, 0.3) is 0 Å². The number of primary sulfonamides is 1. The molecule has 0 saturated heterocycles. The molecule has 1 rings (SSSR count). The number of aliphatic hydroxyl groups is 2. The van der Waals surface area contributed by atoms with Gasteiger partial charge in [0.1, 0.15) is 0 Å². The Morgan fingerprint density at radius 1 is 1.04 bits per heavy atom. The van der Waals surface area contributed by atoms with Gasteiger partial charge < -0.3 is 30.6 Å². The van der Waals surface area contributed by atoms with Gasteiger partial charge in [-0.05, 0) is 24.3 Å². The van der Waals surface area contributed by atoms with Crippen LogP contribution in [0, 0.1) is 5.41 Å². The van der Waals surface area contributed by atoms with Crippen LogP contribution in [0.4, 0.5) is 5.69 Å².